The number of rotatable bonds is 1. The second-order valence-electron chi connectivity index (χ2n) is 8.49. The van der Waals surface area contributed by atoms with Gasteiger partial charge in [0.1, 0.15) is 0 Å². The van der Waals surface area contributed by atoms with E-state index >= 15 is 0 Å². The number of fused-ring (bicyclic) bond motifs is 2. The summed E-state index contributed by atoms with van der Waals surface area (Å²) in [5.74, 6) is 0. The molecule has 0 heterocycles. The minimum Gasteiger partial charge on any atom is -0.288 e. The van der Waals surface area contributed by atoms with E-state index in [0.29, 0.717) is 15.9 Å². The molecule has 0 spiro atoms. The van der Waals surface area contributed by atoms with Crippen molar-refractivity contribution in [3.05, 3.63) is 0 Å². The van der Waals surface area contributed by atoms with E-state index < -0.39 is 0 Å². The molecule has 20 heavy (non-hydrogen) atoms. The molecule has 0 aromatic heterocycles. The summed E-state index contributed by atoms with van der Waals surface area (Å²) in [4.78, 5) is 11.8. The van der Waals surface area contributed by atoms with Crippen molar-refractivity contribution in [2.75, 3.05) is 0 Å². The number of thioether (sulfide) groups is 1. The van der Waals surface area contributed by atoms with Crippen LogP contribution in [0.1, 0.15) is 91.9 Å². The van der Waals surface area contributed by atoms with Crippen LogP contribution in [-0.4, -0.2) is 9.86 Å². The number of hydrogen-bond donors (Lipinski definition) is 0. The fourth-order valence-corrected chi connectivity index (χ4v) is 5.81. The molecule has 0 amide bonds. The lowest BCUT2D eigenvalue weighted by Gasteiger charge is -2.47. The molecule has 2 aliphatic carbocycles. The van der Waals surface area contributed by atoms with Crippen LogP contribution in [0.5, 0.6) is 0 Å². The molecule has 2 saturated carbocycles. The van der Waals surface area contributed by atoms with Gasteiger partial charge in [0.2, 0.25) is 0 Å². The van der Waals surface area contributed by atoms with Gasteiger partial charge in [-0.05, 0) is 55.8 Å². The zero-order chi connectivity index (χ0) is 14.9. The summed E-state index contributed by atoms with van der Waals surface area (Å²) in [6.07, 6.45) is 13.2. The molecule has 0 aromatic carbocycles. The Hall–Kier alpha value is 0.0200. The maximum Gasteiger partial charge on any atom is 0.186 e. The molecule has 2 heteroatoms. The van der Waals surface area contributed by atoms with Gasteiger partial charge in [0.15, 0.2) is 5.12 Å². The summed E-state index contributed by atoms with van der Waals surface area (Å²) in [5, 5.41) is 0.325. The first-order valence-electron chi connectivity index (χ1n) is 8.44. The zero-order valence-electron chi connectivity index (χ0n) is 13.9. The van der Waals surface area contributed by atoms with Crippen LogP contribution >= 0.6 is 11.8 Å². The van der Waals surface area contributed by atoms with Crippen molar-refractivity contribution in [1.82, 2.24) is 0 Å². The van der Waals surface area contributed by atoms with Crippen LogP contribution in [0.4, 0.5) is 0 Å². The summed E-state index contributed by atoms with van der Waals surface area (Å²) in [6, 6.07) is 0. The van der Waals surface area contributed by atoms with Gasteiger partial charge in [-0.3, -0.25) is 4.79 Å². The highest BCUT2D eigenvalue weighted by Gasteiger charge is 2.43. The van der Waals surface area contributed by atoms with Crippen LogP contribution in [-0.2, 0) is 4.79 Å². The van der Waals surface area contributed by atoms with E-state index in [0.717, 1.165) is 0 Å². The highest BCUT2D eigenvalue weighted by molar-refractivity contribution is 8.14. The molecule has 2 rings (SSSR count). The third-order valence-corrected chi connectivity index (χ3v) is 6.96. The fraction of sp³-hybridized carbons (Fsp3) is 0.944. The number of carbonyl (C=O) groups excluding carboxylic acids is 1. The Kier molecular flexibility index (Phi) is 4.94. The first-order chi connectivity index (χ1) is 9.24. The Morgan fingerprint density at radius 2 is 1.50 bits per heavy atom. The van der Waals surface area contributed by atoms with Crippen LogP contribution < -0.4 is 0 Å². The first-order valence-corrected chi connectivity index (χ1v) is 9.26. The van der Waals surface area contributed by atoms with Crippen LogP contribution in [0.3, 0.4) is 0 Å². The van der Waals surface area contributed by atoms with Crippen molar-refractivity contribution in [3.8, 4) is 0 Å². The van der Waals surface area contributed by atoms with Gasteiger partial charge in [-0.2, -0.15) is 0 Å². The van der Waals surface area contributed by atoms with Gasteiger partial charge in [0.05, 0.1) is 0 Å². The van der Waals surface area contributed by atoms with Gasteiger partial charge in [0, 0.05) is 11.7 Å². The SMILES string of the molecule is CC(=O)SC12CCCCCC(C)(CCC(C)(C)CC1)C2. The van der Waals surface area contributed by atoms with Crippen LogP contribution in [0.25, 0.3) is 0 Å². The third kappa shape index (κ3) is 4.26. The van der Waals surface area contributed by atoms with Crippen molar-refractivity contribution < 1.29 is 4.79 Å². The van der Waals surface area contributed by atoms with Gasteiger partial charge in [-0.1, -0.05) is 51.8 Å². The summed E-state index contributed by atoms with van der Waals surface area (Å²) in [6.45, 7) is 9.11. The lowest BCUT2D eigenvalue weighted by Crippen LogP contribution is -2.39. The van der Waals surface area contributed by atoms with Crippen molar-refractivity contribution in [2.24, 2.45) is 10.8 Å². The highest BCUT2D eigenvalue weighted by Crippen LogP contribution is 2.54. The topological polar surface area (TPSA) is 17.1 Å². The van der Waals surface area contributed by atoms with E-state index in [1.165, 1.54) is 64.2 Å². The maximum atomic E-state index is 11.8. The average molecular weight is 297 g/mol. The molecule has 116 valence electrons. The Morgan fingerprint density at radius 1 is 0.850 bits per heavy atom. The normalized spacial score (nSPS) is 38.2. The molecule has 2 bridgehead atoms. The molecule has 2 atom stereocenters. The molecule has 2 fully saturated rings. The third-order valence-electron chi connectivity index (χ3n) is 5.68. The van der Waals surface area contributed by atoms with Crippen molar-refractivity contribution in [2.45, 2.75) is 96.7 Å². The molecule has 0 aliphatic heterocycles. The molecule has 1 nitrogen and oxygen atoms in total. The Bertz CT molecular complexity index is 362. The summed E-state index contributed by atoms with van der Waals surface area (Å²) < 4.78 is 0.235. The van der Waals surface area contributed by atoms with Crippen molar-refractivity contribution in [1.29, 1.82) is 0 Å². The molecule has 2 unspecified atom stereocenters. The Labute approximate surface area is 129 Å². The Balaban J connectivity index is 2.28. The Morgan fingerprint density at radius 3 is 2.20 bits per heavy atom. The number of carbonyl (C=O) groups is 1. The van der Waals surface area contributed by atoms with E-state index in [9.17, 15) is 4.79 Å². The standard InChI is InChI=1S/C18H32OS/c1-15(19)20-18-9-7-5-6-8-17(4,14-18)12-10-16(2,3)11-13-18/h5-14H2,1-4H3. The van der Waals surface area contributed by atoms with Crippen molar-refractivity contribution in [3.63, 3.8) is 0 Å². The summed E-state index contributed by atoms with van der Waals surface area (Å²) in [5.41, 5.74) is 0.907. The van der Waals surface area contributed by atoms with Crippen molar-refractivity contribution >= 4 is 16.9 Å². The summed E-state index contributed by atoms with van der Waals surface area (Å²) in [7, 11) is 0. The van der Waals surface area contributed by atoms with E-state index in [2.05, 4.69) is 20.8 Å². The van der Waals surface area contributed by atoms with E-state index in [1.54, 1.807) is 18.7 Å². The molecule has 2 aliphatic rings. The molecular weight excluding hydrogens is 264 g/mol. The van der Waals surface area contributed by atoms with Gasteiger partial charge in [0.25, 0.3) is 0 Å². The molecule has 0 N–H and O–H groups in total. The summed E-state index contributed by atoms with van der Waals surface area (Å²) >= 11 is 1.68. The maximum absolute atomic E-state index is 11.8. The van der Waals surface area contributed by atoms with E-state index in [4.69, 9.17) is 0 Å². The molecule has 0 aromatic rings. The second-order valence-corrected chi connectivity index (χ2v) is 10.1. The van der Waals surface area contributed by atoms with Gasteiger partial charge >= 0.3 is 0 Å². The second kappa shape index (κ2) is 6.02. The lowest BCUT2D eigenvalue weighted by molar-refractivity contribution is -0.109. The smallest absolute Gasteiger partial charge is 0.186 e. The predicted octanol–water partition coefficient (Wildman–Crippen LogP) is 5.97. The van der Waals surface area contributed by atoms with Crippen LogP contribution in [0.15, 0.2) is 0 Å². The monoisotopic (exact) mass is 296 g/mol. The number of hydrogen-bond acceptors (Lipinski definition) is 2. The molecular formula is C18H32OS. The average Bonchev–Trinajstić information content (AvgIpc) is 2.30. The van der Waals surface area contributed by atoms with E-state index in [-0.39, 0.29) is 4.75 Å². The fourth-order valence-electron chi connectivity index (χ4n) is 4.33. The minimum atomic E-state index is 0.235. The van der Waals surface area contributed by atoms with Gasteiger partial charge < -0.3 is 0 Å². The quantitative estimate of drug-likeness (QED) is 0.593. The molecule has 0 saturated heterocycles. The van der Waals surface area contributed by atoms with Crippen LogP contribution in [0, 0.1) is 10.8 Å². The predicted molar refractivity (Wildman–Crippen MR) is 89.1 cm³/mol. The molecule has 0 radical (unpaired) electrons. The van der Waals surface area contributed by atoms with E-state index in [1.807, 2.05) is 0 Å². The van der Waals surface area contributed by atoms with Gasteiger partial charge in [-0.15, -0.1) is 0 Å². The zero-order valence-corrected chi connectivity index (χ0v) is 14.7. The minimum absolute atomic E-state index is 0.235. The van der Waals surface area contributed by atoms with Gasteiger partial charge in [-0.25, -0.2) is 0 Å². The first kappa shape index (κ1) is 16.4. The largest absolute Gasteiger partial charge is 0.288 e. The lowest BCUT2D eigenvalue weighted by atomic mass is 9.64. The van der Waals surface area contributed by atoms with Crippen LogP contribution in [0.2, 0.25) is 0 Å². The highest BCUT2D eigenvalue weighted by atomic mass is 32.2.